The van der Waals surface area contributed by atoms with Crippen molar-refractivity contribution in [1.82, 2.24) is 0 Å². The van der Waals surface area contributed by atoms with E-state index < -0.39 is 5.82 Å². The molecule has 0 bridgehead atoms. The molecule has 0 amide bonds. The molecule has 0 aliphatic heterocycles. The van der Waals surface area contributed by atoms with E-state index in [2.05, 4.69) is 11.8 Å². The SMILES string of the molecule is CC#CCC(N)c1ccc(OC)c(F)c1. The molecule has 0 saturated heterocycles. The summed E-state index contributed by atoms with van der Waals surface area (Å²) in [5, 5.41) is 0. The second-order valence-electron chi connectivity index (χ2n) is 3.13. The smallest absolute Gasteiger partial charge is 0.165 e. The minimum absolute atomic E-state index is 0.229. The quantitative estimate of drug-likeness (QED) is 0.771. The number of methoxy groups -OCH3 is 1. The van der Waals surface area contributed by atoms with Crippen molar-refractivity contribution in [2.24, 2.45) is 5.73 Å². The lowest BCUT2D eigenvalue weighted by Crippen LogP contribution is -2.09. The monoisotopic (exact) mass is 207 g/mol. The number of hydrogen-bond donors (Lipinski definition) is 1. The summed E-state index contributed by atoms with van der Waals surface area (Å²) in [6, 6.07) is 4.46. The van der Waals surface area contributed by atoms with Crippen LogP contribution in [-0.2, 0) is 0 Å². The van der Waals surface area contributed by atoms with E-state index in [0.29, 0.717) is 6.42 Å². The molecular weight excluding hydrogens is 193 g/mol. The van der Waals surface area contributed by atoms with Crippen molar-refractivity contribution in [2.75, 3.05) is 7.11 Å². The molecule has 80 valence electrons. The number of benzene rings is 1. The van der Waals surface area contributed by atoms with E-state index in [0.717, 1.165) is 5.56 Å². The van der Waals surface area contributed by atoms with Crippen LogP contribution in [0.25, 0.3) is 0 Å². The summed E-state index contributed by atoms with van der Waals surface area (Å²) in [7, 11) is 1.43. The van der Waals surface area contributed by atoms with Gasteiger partial charge in [-0.05, 0) is 24.6 Å². The minimum atomic E-state index is -0.394. The Bertz CT molecular complexity index is 392. The molecule has 1 unspecified atom stereocenters. The molecular formula is C12H14FNO. The highest BCUT2D eigenvalue weighted by atomic mass is 19.1. The molecule has 0 aliphatic carbocycles. The van der Waals surface area contributed by atoms with Gasteiger partial charge in [-0.3, -0.25) is 0 Å². The van der Waals surface area contributed by atoms with Gasteiger partial charge >= 0.3 is 0 Å². The number of rotatable bonds is 3. The van der Waals surface area contributed by atoms with Crippen LogP contribution < -0.4 is 10.5 Å². The zero-order valence-corrected chi connectivity index (χ0v) is 8.88. The maximum Gasteiger partial charge on any atom is 0.165 e. The number of hydrogen-bond acceptors (Lipinski definition) is 2. The topological polar surface area (TPSA) is 35.2 Å². The summed E-state index contributed by atoms with van der Waals surface area (Å²) in [5.41, 5.74) is 6.56. The van der Waals surface area contributed by atoms with E-state index in [1.54, 1.807) is 19.1 Å². The van der Waals surface area contributed by atoms with Crippen LogP contribution in [0.5, 0.6) is 5.75 Å². The summed E-state index contributed by atoms with van der Waals surface area (Å²) in [4.78, 5) is 0. The summed E-state index contributed by atoms with van der Waals surface area (Å²) >= 11 is 0. The number of halogens is 1. The van der Waals surface area contributed by atoms with Gasteiger partial charge in [-0.2, -0.15) is 0 Å². The fourth-order valence-electron chi connectivity index (χ4n) is 1.24. The highest BCUT2D eigenvalue weighted by Crippen LogP contribution is 2.21. The predicted molar refractivity (Wildman–Crippen MR) is 57.9 cm³/mol. The van der Waals surface area contributed by atoms with Crippen LogP contribution in [0.4, 0.5) is 4.39 Å². The van der Waals surface area contributed by atoms with Gasteiger partial charge in [0.15, 0.2) is 11.6 Å². The molecule has 2 N–H and O–H groups in total. The Kier molecular flexibility index (Phi) is 4.14. The van der Waals surface area contributed by atoms with Crippen molar-refractivity contribution in [1.29, 1.82) is 0 Å². The van der Waals surface area contributed by atoms with E-state index in [9.17, 15) is 4.39 Å². The Balaban J connectivity index is 2.85. The standard InChI is InChI=1S/C12H14FNO/c1-3-4-5-11(14)9-6-7-12(15-2)10(13)8-9/h6-8,11H,5,14H2,1-2H3. The summed E-state index contributed by atoms with van der Waals surface area (Å²) in [6.45, 7) is 1.75. The van der Waals surface area contributed by atoms with E-state index in [1.165, 1.54) is 13.2 Å². The molecule has 3 heteroatoms. The van der Waals surface area contributed by atoms with Crippen molar-refractivity contribution in [3.8, 4) is 17.6 Å². The minimum Gasteiger partial charge on any atom is -0.494 e. The van der Waals surface area contributed by atoms with Crippen molar-refractivity contribution in [3.63, 3.8) is 0 Å². The van der Waals surface area contributed by atoms with Crippen LogP contribution in [0, 0.1) is 17.7 Å². The Labute approximate surface area is 89.2 Å². The largest absolute Gasteiger partial charge is 0.494 e. The normalized spacial score (nSPS) is 11.5. The molecule has 1 rings (SSSR count). The van der Waals surface area contributed by atoms with E-state index in [4.69, 9.17) is 10.5 Å². The maximum absolute atomic E-state index is 13.3. The third-order valence-electron chi connectivity index (χ3n) is 2.10. The predicted octanol–water partition coefficient (Wildman–Crippen LogP) is 2.25. The first-order chi connectivity index (χ1) is 7.19. The van der Waals surface area contributed by atoms with E-state index in [1.807, 2.05) is 0 Å². The average molecular weight is 207 g/mol. The van der Waals surface area contributed by atoms with Gasteiger partial charge in [-0.15, -0.1) is 11.8 Å². The average Bonchev–Trinajstić information content (AvgIpc) is 2.25. The molecule has 1 aromatic carbocycles. The van der Waals surface area contributed by atoms with Crippen LogP contribution in [0.3, 0.4) is 0 Å². The van der Waals surface area contributed by atoms with Gasteiger partial charge in [-0.1, -0.05) is 6.07 Å². The summed E-state index contributed by atoms with van der Waals surface area (Å²) in [6.07, 6.45) is 0.530. The van der Waals surface area contributed by atoms with Gasteiger partial charge in [0.1, 0.15) is 0 Å². The Hall–Kier alpha value is -1.53. The van der Waals surface area contributed by atoms with Crippen molar-refractivity contribution >= 4 is 0 Å². The number of ether oxygens (including phenoxy) is 1. The van der Waals surface area contributed by atoms with Crippen molar-refractivity contribution in [3.05, 3.63) is 29.6 Å². The lowest BCUT2D eigenvalue weighted by molar-refractivity contribution is 0.386. The Morgan fingerprint density at radius 1 is 1.53 bits per heavy atom. The third kappa shape index (κ3) is 2.97. The van der Waals surface area contributed by atoms with E-state index >= 15 is 0 Å². The zero-order valence-electron chi connectivity index (χ0n) is 8.88. The maximum atomic E-state index is 13.3. The summed E-state index contributed by atoms with van der Waals surface area (Å²) in [5.74, 6) is 5.46. The molecule has 0 aliphatic rings. The molecule has 0 spiro atoms. The zero-order chi connectivity index (χ0) is 11.3. The van der Waals surface area contributed by atoms with Gasteiger partial charge in [0, 0.05) is 12.5 Å². The highest BCUT2D eigenvalue weighted by molar-refractivity contribution is 5.31. The Morgan fingerprint density at radius 3 is 2.80 bits per heavy atom. The molecule has 15 heavy (non-hydrogen) atoms. The van der Waals surface area contributed by atoms with Crippen LogP contribution in [0.15, 0.2) is 18.2 Å². The molecule has 0 aromatic heterocycles. The van der Waals surface area contributed by atoms with E-state index in [-0.39, 0.29) is 11.8 Å². The van der Waals surface area contributed by atoms with Crippen molar-refractivity contribution < 1.29 is 9.13 Å². The fraction of sp³-hybridized carbons (Fsp3) is 0.333. The van der Waals surface area contributed by atoms with Crippen LogP contribution in [0.1, 0.15) is 24.9 Å². The summed E-state index contributed by atoms with van der Waals surface area (Å²) < 4.78 is 18.1. The van der Waals surface area contributed by atoms with Crippen LogP contribution in [-0.4, -0.2) is 7.11 Å². The highest BCUT2D eigenvalue weighted by Gasteiger charge is 2.08. The fourth-order valence-corrected chi connectivity index (χ4v) is 1.24. The van der Waals surface area contributed by atoms with Gasteiger partial charge in [-0.25, -0.2) is 4.39 Å². The molecule has 2 nitrogen and oxygen atoms in total. The van der Waals surface area contributed by atoms with Crippen LogP contribution in [0.2, 0.25) is 0 Å². The second-order valence-corrected chi connectivity index (χ2v) is 3.13. The van der Waals surface area contributed by atoms with Gasteiger partial charge in [0.2, 0.25) is 0 Å². The van der Waals surface area contributed by atoms with Crippen molar-refractivity contribution in [2.45, 2.75) is 19.4 Å². The lowest BCUT2D eigenvalue weighted by atomic mass is 10.0. The van der Waals surface area contributed by atoms with Gasteiger partial charge < -0.3 is 10.5 Å². The molecule has 0 fully saturated rings. The van der Waals surface area contributed by atoms with Gasteiger partial charge in [0.25, 0.3) is 0 Å². The molecule has 0 saturated carbocycles. The molecule has 0 radical (unpaired) electrons. The second kappa shape index (κ2) is 5.38. The first-order valence-corrected chi connectivity index (χ1v) is 4.67. The lowest BCUT2D eigenvalue weighted by Gasteiger charge is -2.10. The third-order valence-corrected chi connectivity index (χ3v) is 2.10. The number of nitrogens with two attached hydrogens (primary N) is 1. The molecule has 1 aromatic rings. The van der Waals surface area contributed by atoms with Gasteiger partial charge in [0.05, 0.1) is 7.11 Å². The molecule has 0 heterocycles. The first kappa shape index (κ1) is 11.5. The van der Waals surface area contributed by atoms with Crippen LogP contribution >= 0.6 is 0 Å². The Morgan fingerprint density at radius 2 is 2.27 bits per heavy atom. The first-order valence-electron chi connectivity index (χ1n) is 4.67. The molecule has 1 atom stereocenters.